The Bertz CT molecular complexity index is 1100. The summed E-state index contributed by atoms with van der Waals surface area (Å²) in [6.45, 7) is 4.06. The first-order valence-corrected chi connectivity index (χ1v) is 12.5. The number of hydrogen-bond donors (Lipinski definition) is 0. The first-order chi connectivity index (χ1) is 16.1. The van der Waals surface area contributed by atoms with Gasteiger partial charge in [0.1, 0.15) is 5.78 Å². The Morgan fingerprint density at radius 2 is 1.76 bits per heavy atom. The maximum atomic E-state index is 12.9. The van der Waals surface area contributed by atoms with Crippen LogP contribution in [0.2, 0.25) is 5.02 Å². The van der Waals surface area contributed by atoms with Crippen molar-refractivity contribution in [3.8, 4) is 5.69 Å². The number of carbonyl (C=O) groups is 1. The van der Waals surface area contributed by atoms with Crippen molar-refractivity contribution in [2.24, 2.45) is 11.8 Å². The lowest BCUT2D eigenvalue weighted by Gasteiger charge is -2.32. The third-order valence-electron chi connectivity index (χ3n) is 7.42. The summed E-state index contributed by atoms with van der Waals surface area (Å²) in [4.78, 5) is 21.9. The average Bonchev–Trinajstić information content (AvgIpc) is 3.24. The van der Waals surface area contributed by atoms with Gasteiger partial charge >= 0.3 is 0 Å². The van der Waals surface area contributed by atoms with Gasteiger partial charge in [0.2, 0.25) is 0 Å². The summed E-state index contributed by atoms with van der Waals surface area (Å²) in [6, 6.07) is 9.73. The van der Waals surface area contributed by atoms with Crippen LogP contribution in [0.4, 0.5) is 5.82 Å². The molecule has 4 heterocycles. The number of benzene rings is 1. The number of ketones is 1. The molecular weight excluding hydrogens is 434 g/mol. The second-order valence-corrected chi connectivity index (χ2v) is 10.1. The first kappa shape index (κ1) is 22.4. The molecule has 3 aromatic rings. The van der Waals surface area contributed by atoms with Gasteiger partial charge < -0.3 is 9.80 Å². The average molecular weight is 466 g/mol. The fourth-order valence-electron chi connectivity index (χ4n) is 5.27. The minimum Gasteiger partial charge on any atom is -0.355 e. The predicted octanol–water partition coefficient (Wildman–Crippen LogP) is 4.98. The van der Waals surface area contributed by atoms with Gasteiger partial charge in [0, 0.05) is 42.0 Å². The fourth-order valence-corrected chi connectivity index (χ4v) is 5.40. The van der Waals surface area contributed by atoms with E-state index >= 15 is 0 Å². The number of anilines is 1. The summed E-state index contributed by atoms with van der Waals surface area (Å²) in [6.07, 6.45) is 9.79. The zero-order valence-corrected chi connectivity index (χ0v) is 20.0. The van der Waals surface area contributed by atoms with E-state index in [2.05, 4.69) is 21.8 Å². The monoisotopic (exact) mass is 465 g/mol. The summed E-state index contributed by atoms with van der Waals surface area (Å²) in [5.41, 5.74) is 1.94. The molecule has 0 amide bonds. The topological polar surface area (TPSA) is 54.3 Å². The van der Waals surface area contributed by atoms with Crippen LogP contribution in [-0.2, 0) is 4.79 Å². The lowest BCUT2D eigenvalue weighted by atomic mass is 9.86. The number of likely N-dealkylation sites (tertiary alicyclic amines) is 1. The van der Waals surface area contributed by atoms with Crippen molar-refractivity contribution in [3.63, 3.8) is 0 Å². The number of aromatic nitrogens is 3. The van der Waals surface area contributed by atoms with Gasteiger partial charge in [0.05, 0.1) is 17.4 Å². The maximum Gasteiger partial charge on any atom is 0.159 e. The molecule has 0 N–H and O–H groups in total. The van der Waals surface area contributed by atoms with E-state index < -0.39 is 0 Å². The molecule has 2 aliphatic heterocycles. The molecule has 0 bridgehead atoms. The van der Waals surface area contributed by atoms with Crippen LogP contribution in [0.15, 0.2) is 42.7 Å². The Kier molecular flexibility index (Phi) is 6.65. The second-order valence-electron chi connectivity index (χ2n) is 9.62. The highest BCUT2D eigenvalue weighted by Crippen LogP contribution is 2.32. The minimum absolute atomic E-state index is 0.193. The van der Waals surface area contributed by atoms with Crippen LogP contribution in [0.1, 0.15) is 38.5 Å². The molecule has 0 atom stereocenters. The highest BCUT2D eigenvalue weighted by Gasteiger charge is 2.28. The van der Waals surface area contributed by atoms with Crippen molar-refractivity contribution in [1.29, 1.82) is 0 Å². The number of Topliss-reactive ketones (excluding diaryl/α,β-unsaturated/α-hetero) is 1. The Morgan fingerprint density at radius 3 is 2.48 bits per heavy atom. The van der Waals surface area contributed by atoms with E-state index in [1.807, 2.05) is 47.4 Å². The number of hydrogen-bond acceptors (Lipinski definition) is 5. The molecule has 33 heavy (non-hydrogen) atoms. The largest absolute Gasteiger partial charge is 0.355 e. The molecule has 7 heteroatoms. The molecule has 0 unspecified atom stereocenters. The molecule has 0 aliphatic carbocycles. The Balaban J connectivity index is 1.24. The van der Waals surface area contributed by atoms with Crippen LogP contribution in [0.25, 0.3) is 16.6 Å². The van der Waals surface area contributed by atoms with E-state index in [1.165, 1.54) is 25.9 Å². The van der Waals surface area contributed by atoms with Crippen LogP contribution >= 0.6 is 11.6 Å². The summed E-state index contributed by atoms with van der Waals surface area (Å²) in [5.74, 6) is 2.36. The molecule has 0 radical (unpaired) electrons. The van der Waals surface area contributed by atoms with E-state index in [0.717, 1.165) is 67.1 Å². The quantitative estimate of drug-likeness (QED) is 0.513. The van der Waals surface area contributed by atoms with Crippen molar-refractivity contribution in [2.45, 2.75) is 38.5 Å². The standard InChI is InChI=1S/C26H32ClN5O/c1-30-14-9-19(10-15-30)2-7-25(33)20-11-16-31(17-12-20)26-23-8-13-28-18-24(23)32(29-26)22-5-3-21(27)4-6-22/h3-6,8,13,18-20H,2,7,9-12,14-17H2,1H3. The number of fused-ring (bicyclic) bond motifs is 1. The molecule has 174 valence electrons. The van der Waals surface area contributed by atoms with E-state index in [1.54, 1.807) is 0 Å². The summed E-state index contributed by atoms with van der Waals surface area (Å²) in [7, 11) is 2.19. The molecule has 5 rings (SSSR count). The lowest BCUT2D eigenvalue weighted by Crippen LogP contribution is -2.37. The summed E-state index contributed by atoms with van der Waals surface area (Å²) in [5, 5.41) is 6.75. The van der Waals surface area contributed by atoms with Crippen LogP contribution < -0.4 is 4.90 Å². The van der Waals surface area contributed by atoms with Gasteiger partial charge in [-0.3, -0.25) is 9.78 Å². The van der Waals surface area contributed by atoms with Gasteiger partial charge in [-0.2, -0.15) is 0 Å². The van der Waals surface area contributed by atoms with Crippen LogP contribution in [0, 0.1) is 11.8 Å². The van der Waals surface area contributed by atoms with Crippen LogP contribution in [0.5, 0.6) is 0 Å². The molecule has 2 fully saturated rings. The number of halogens is 1. The van der Waals surface area contributed by atoms with Crippen LogP contribution in [0.3, 0.4) is 0 Å². The Labute approximate surface area is 200 Å². The Hall–Kier alpha value is -2.44. The van der Waals surface area contributed by atoms with E-state index in [9.17, 15) is 4.79 Å². The van der Waals surface area contributed by atoms with E-state index in [4.69, 9.17) is 16.7 Å². The number of piperidine rings is 2. The van der Waals surface area contributed by atoms with Crippen molar-refractivity contribution in [1.82, 2.24) is 19.7 Å². The smallest absolute Gasteiger partial charge is 0.159 e. The third kappa shape index (κ3) is 4.92. The molecule has 1 aromatic carbocycles. The molecule has 0 spiro atoms. The normalized spacial score (nSPS) is 18.8. The molecule has 0 saturated carbocycles. The molecule has 2 saturated heterocycles. The SMILES string of the molecule is CN1CCC(CCC(=O)C2CCN(c3nn(-c4ccc(Cl)cc4)c4cnccc34)CC2)CC1. The minimum atomic E-state index is 0.193. The molecule has 6 nitrogen and oxygen atoms in total. The van der Waals surface area contributed by atoms with Crippen molar-refractivity contribution in [2.75, 3.05) is 38.1 Å². The zero-order chi connectivity index (χ0) is 22.8. The fraction of sp³-hybridized carbons (Fsp3) is 0.500. The van der Waals surface area contributed by atoms with Gasteiger partial charge in [-0.25, -0.2) is 4.68 Å². The van der Waals surface area contributed by atoms with Gasteiger partial charge in [-0.05, 0) is 88.5 Å². The lowest BCUT2D eigenvalue weighted by molar-refractivity contribution is -0.123. The number of rotatable bonds is 6. The van der Waals surface area contributed by atoms with E-state index in [-0.39, 0.29) is 5.92 Å². The Morgan fingerprint density at radius 1 is 1.03 bits per heavy atom. The third-order valence-corrected chi connectivity index (χ3v) is 7.67. The predicted molar refractivity (Wildman–Crippen MR) is 133 cm³/mol. The summed E-state index contributed by atoms with van der Waals surface area (Å²) < 4.78 is 1.94. The maximum absolute atomic E-state index is 12.9. The van der Waals surface area contributed by atoms with Crippen LogP contribution in [-0.4, -0.2) is 58.7 Å². The molecule has 2 aliphatic rings. The molecule has 2 aromatic heterocycles. The first-order valence-electron chi connectivity index (χ1n) is 12.1. The van der Waals surface area contributed by atoms with Crippen molar-refractivity contribution < 1.29 is 4.79 Å². The molecular formula is C26H32ClN5O. The highest BCUT2D eigenvalue weighted by atomic mass is 35.5. The van der Waals surface area contributed by atoms with Gasteiger partial charge in [0.25, 0.3) is 0 Å². The van der Waals surface area contributed by atoms with Crippen molar-refractivity contribution >= 4 is 34.1 Å². The number of pyridine rings is 1. The zero-order valence-electron chi connectivity index (χ0n) is 19.3. The number of carbonyl (C=O) groups excluding carboxylic acids is 1. The summed E-state index contributed by atoms with van der Waals surface area (Å²) >= 11 is 6.08. The van der Waals surface area contributed by atoms with Gasteiger partial charge in [0.15, 0.2) is 5.82 Å². The van der Waals surface area contributed by atoms with Crippen molar-refractivity contribution in [3.05, 3.63) is 47.7 Å². The van der Waals surface area contributed by atoms with Gasteiger partial charge in [-0.15, -0.1) is 5.10 Å². The second kappa shape index (κ2) is 9.82. The number of nitrogens with zero attached hydrogens (tertiary/aromatic N) is 5. The van der Waals surface area contributed by atoms with E-state index in [0.29, 0.717) is 10.8 Å². The van der Waals surface area contributed by atoms with Gasteiger partial charge in [-0.1, -0.05) is 11.6 Å². The highest BCUT2D eigenvalue weighted by molar-refractivity contribution is 6.30.